The van der Waals surface area contributed by atoms with Crippen molar-refractivity contribution in [1.82, 2.24) is 0 Å². The second kappa shape index (κ2) is 8.45. The molecule has 2 rings (SSSR count). The molecule has 1 aromatic rings. The molecule has 8 heteroatoms. The molecule has 0 aromatic heterocycles. The maximum absolute atomic E-state index is 12.7. The molecule has 168 valence electrons. The van der Waals surface area contributed by atoms with E-state index in [1.165, 1.54) is 27.7 Å². The molecule has 0 aliphatic heterocycles. The first-order chi connectivity index (χ1) is 14.3. The van der Waals surface area contributed by atoms with Gasteiger partial charge >= 0.3 is 0 Å². The number of benzene rings is 1. The number of aliphatic hydroxyl groups is 2. The molecule has 0 saturated carbocycles. The van der Waals surface area contributed by atoms with E-state index in [2.05, 4.69) is 0 Å². The standard InChI is InChI=1S/C23H28O8/c1-6-8-14(25)15-18(27)10(3)17(26)11(19(15)28)9-12-20(29)16(13(24)7-2)22(31)23(4,5)21(12)30/h26-30H,6-9H2,1-5H3. The molecule has 8 nitrogen and oxygen atoms in total. The zero-order valence-corrected chi connectivity index (χ0v) is 18.3. The second-order valence-corrected chi connectivity index (χ2v) is 8.16. The highest BCUT2D eigenvalue weighted by Gasteiger charge is 2.45. The van der Waals surface area contributed by atoms with Crippen molar-refractivity contribution in [3.8, 4) is 17.2 Å². The van der Waals surface area contributed by atoms with Gasteiger partial charge in [0, 0.05) is 36.0 Å². The zero-order chi connectivity index (χ0) is 23.8. The summed E-state index contributed by atoms with van der Waals surface area (Å²) in [5.74, 6) is -4.94. The molecule has 5 N–H and O–H groups in total. The van der Waals surface area contributed by atoms with Gasteiger partial charge in [-0.2, -0.15) is 0 Å². The molecular formula is C23H28O8. The molecular weight excluding hydrogens is 404 g/mol. The van der Waals surface area contributed by atoms with Gasteiger partial charge in [0.05, 0.1) is 5.41 Å². The van der Waals surface area contributed by atoms with Gasteiger partial charge in [0.15, 0.2) is 17.3 Å². The van der Waals surface area contributed by atoms with Crippen molar-refractivity contribution in [1.29, 1.82) is 0 Å². The van der Waals surface area contributed by atoms with Crippen molar-refractivity contribution in [3.63, 3.8) is 0 Å². The van der Waals surface area contributed by atoms with Gasteiger partial charge in [-0.25, -0.2) is 0 Å². The highest BCUT2D eigenvalue weighted by molar-refractivity contribution is 6.24. The molecule has 0 bridgehead atoms. The van der Waals surface area contributed by atoms with Gasteiger partial charge < -0.3 is 25.5 Å². The largest absolute Gasteiger partial charge is 0.511 e. The smallest absolute Gasteiger partial charge is 0.183 e. The van der Waals surface area contributed by atoms with E-state index in [0.717, 1.165) is 0 Å². The van der Waals surface area contributed by atoms with Gasteiger partial charge in [-0.05, 0) is 27.2 Å². The molecule has 0 spiro atoms. The Hall–Kier alpha value is -3.29. The van der Waals surface area contributed by atoms with Crippen LogP contribution in [0, 0.1) is 12.3 Å². The molecule has 1 aliphatic rings. The number of carbonyl (C=O) groups excluding carboxylic acids is 3. The predicted octanol–water partition coefficient (Wildman–Crippen LogP) is 3.85. The number of carbonyl (C=O) groups is 3. The molecule has 0 atom stereocenters. The summed E-state index contributed by atoms with van der Waals surface area (Å²) < 4.78 is 0. The topological polar surface area (TPSA) is 152 Å². The highest BCUT2D eigenvalue weighted by Crippen LogP contribution is 2.46. The lowest BCUT2D eigenvalue weighted by molar-refractivity contribution is -0.127. The first-order valence-electron chi connectivity index (χ1n) is 10.1. The van der Waals surface area contributed by atoms with Crippen LogP contribution in [0.5, 0.6) is 17.2 Å². The molecule has 31 heavy (non-hydrogen) atoms. The maximum Gasteiger partial charge on any atom is 0.183 e. The Kier molecular flexibility index (Phi) is 6.54. The van der Waals surface area contributed by atoms with E-state index in [1.807, 2.05) is 0 Å². The minimum atomic E-state index is -1.53. The third kappa shape index (κ3) is 3.78. The molecule has 0 amide bonds. The summed E-state index contributed by atoms with van der Waals surface area (Å²) in [6.07, 6.45) is -0.0401. The van der Waals surface area contributed by atoms with Crippen LogP contribution in [0.25, 0.3) is 0 Å². The number of aromatic hydroxyl groups is 3. The fraction of sp³-hybridized carbons (Fsp3) is 0.435. The number of hydrogen-bond acceptors (Lipinski definition) is 8. The Morgan fingerprint density at radius 3 is 2.00 bits per heavy atom. The van der Waals surface area contributed by atoms with Crippen molar-refractivity contribution in [3.05, 3.63) is 39.4 Å². The van der Waals surface area contributed by atoms with Crippen molar-refractivity contribution in [2.75, 3.05) is 0 Å². The Bertz CT molecular complexity index is 1040. The van der Waals surface area contributed by atoms with Gasteiger partial charge in [-0.1, -0.05) is 13.8 Å². The summed E-state index contributed by atoms with van der Waals surface area (Å²) >= 11 is 0. The van der Waals surface area contributed by atoms with Gasteiger partial charge in [-0.3, -0.25) is 14.4 Å². The fourth-order valence-electron chi connectivity index (χ4n) is 3.63. The maximum atomic E-state index is 12.7. The molecule has 0 unspecified atom stereocenters. The number of rotatable bonds is 7. The summed E-state index contributed by atoms with van der Waals surface area (Å²) in [5, 5.41) is 52.9. The summed E-state index contributed by atoms with van der Waals surface area (Å²) in [5.41, 5.74) is -2.88. The summed E-state index contributed by atoms with van der Waals surface area (Å²) in [6, 6.07) is 0. The van der Waals surface area contributed by atoms with Crippen LogP contribution in [0.3, 0.4) is 0 Å². The number of aliphatic hydroxyl groups excluding tert-OH is 2. The highest BCUT2D eigenvalue weighted by atomic mass is 16.3. The van der Waals surface area contributed by atoms with Crippen LogP contribution >= 0.6 is 0 Å². The third-order valence-electron chi connectivity index (χ3n) is 5.66. The quantitative estimate of drug-likeness (QED) is 0.322. The first-order valence-corrected chi connectivity index (χ1v) is 10.1. The summed E-state index contributed by atoms with van der Waals surface area (Å²) in [6.45, 7) is 7.39. The van der Waals surface area contributed by atoms with Crippen LogP contribution in [0.1, 0.15) is 68.4 Å². The van der Waals surface area contributed by atoms with Crippen LogP contribution in [0.15, 0.2) is 22.7 Å². The molecule has 0 saturated heterocycles. The van der Waals surface area contributed by atoms with Gasteiger partial charge in [0.1, 0.15) is 39.9 Å². The average Bonchev–Trinajstić information content (AvgIpc) is 2.71. The number of ketones is 3. The lowest BCUT2D eigenvalue weighted by Crippen LogP contribution is -2.36. The van der Waals surface area contributed by atoms with Gasteiger partial charge in [-0.15, -0.1) is 0 Å². The average molecular weight is 432 g/mol. The number of allylic oxidation sites excluding steroid dienone is 3. The van der Waals surface area contributed by atoms with Crippen LogP contribution in [-0.2, 0) is 16.0 Å². The van der Waals surface area contributed by atoms with Crippen LogP contribution < -0.4 is 0 Å². The van der Waals surface area contributed by atoms with Crippen molar-refractivity contribution in [2.45, 2.75) is 60.3 Å². The van der Waals surface area contributed by atoms with Crippen LogP contribution in [-0.4, -0.2) is 42.9 Å². The SMILES string of the molecule is CCCC(=O)c1c(O)c(C)c(O)c(CC2=C(O)C(C)(C)C(=O)C(C(=O)CC)=C2O)c1O. The summed E-state index contributed by atoms with van der Waals surface area (Å²) in [7, 11) is 0. The van der Waals surface area contributed by atoms with Crippen molar-refractivity contribution < 1.29 is 39.9 Å². The number of phenols is 3. The van der Waals surface area contributed by atoms with E-state index < -0.39 is 63.5 Å². The van der Waals surface area contributed by atoms with Crippen molar-refractivity contribution >= 4 is 17.3 Å². The minimum absolute atomic E-state index is 0.0422. The lowest BCUT2D eigenvalue weighted by Gasteiger charge is -2.31. The lowest BCUT2D eigenvalue weighted by atomic mass is 9.73. The molecule has 0 fully saturated rings. The van der Waals surface area contributed by atoms with E-state index >= 15 is 0 Å². The number of Topliss-reactive ketones (excluding diaryl/α,β-unsaturated/α-hetero) is 3. The van der Waals surface area contributed by atoms with Crippen LogP contribution in [0.2, 0.25) is 0 Å². The van der Waals surface area contributed by atoms with Gasteiger partial charge in [0.2, 0.25) is 0 Å². The number of hydrogen-bond donors (Lipinski definition) is 5. The third-order valence-corrected chi connectivity index (χ3v) is 5.66. The molecule has 1 aromatic carbocycles. The predicted molar refractivity (Wildman–Crippen MR) is 113 cm³/mol. The van der Waals surface area contributed by atoms with E-state index in [0.29, 0.717) is 6.42 Å². The Morgan fingerprint density at radius 1 is 0.903 bits per heavy atom. The minimum Gasteiger partial charge on any atom is -0.511 e. The van der Waals surface area contributed by atoms with Crippen molar-refractivity contribution in [2.24, 2.45) is 5.41 Å². The first kappa shape index (κ1) is 24.0. The van der Waals surface area contributed by atoms with E-state index in [1.54, 1.807) is 6.92 Å². The number of phenolic OH excluding ortho intramolecular Hbond substituents is 3. The molecule has 0 radical (unpaired) electrons. The summed E-state index contributed by atoms with van der Waals surface area (Å²) in [4.78, 5) is 37.5. The van der Waals surface area contributed by atoms with E-state index in [9.17, 15) is 39.9 Å². The second-order valence-electron chi connectivity index (χ2n) is 8.16. The molecule has 1 aliphatic carbocycles. The monoisotopic (exact) mass is 432 g/mol. The zero-order valence-electron chi connectivity index (χ0n) is 18.3. The fourth-order valence-corrected chi connectivity index (χ4v) is 3.63. The van der Waals surface area contributed by atoms with E-state index in [4.69, 9.17) is 0 Å². The Labute approximate surface area is 180 Å². The Morgan fingerprint density at radius 2 is 1.48 bits per heavy atom. The normalized spacial score (nSPS) is 16.1. The van der Waals surface area contributed by atoms with E-state index in [-0.39, 0.29) is 35.1 Å². The Balaban J connectivity index is 2.78. The molecule has 0 heterocycles. The van der Waals surface area contributed by atoms with Crippen LogP contribution in [0.4, 0.5) is 0 Å². The van der Waals surface area contributed by atoms with Gasteiger partial charge in [0.25, 0.3) is 0 Å².